The minimum absolute atomic E-state index is 0.211. The number of rotatable bonds is 2. The van der Waals surface area contributed by atoms with Crippen LogP contribution in [-0.2, 0) is 0 Å². The zero-order valence-corrected chi connectivity index (χ0v) is 7.43. The van der Waals surface area contributed by atoms with Crippen molar-refractivity contribution in [3.63, 3.8) is 0 Å². The minimum Gasteiger partial charge on any atom is -0.377 e. The maximum absolute atomic E-state index is 9.09. The largest absolute Gasteiger partial charge is 0.377 e. The molecule has 1 N–H and O–H groups in total. The van der Waals surface area contributed by atoms with E-state index in [0.717, 1.165) is 5.92 Å². The van der Waals surface area contributed by atoms with Crippen molar-refractivity contribution in [3.8, 4) is 0 Å². The van der Waals surface area contributed by atoms with Crippen LogP contribution < -0.4 is 0 Å². The van der Waals surface area contributed by atoms with Gasteiger partial charge < -0.3 is 4.89 Å². The smallest absolute Gasteiger partial charge is 0.0144 e. The van der Waals surface area contributed by atoms with Crippen LogP contribution in [0.15, 0.2) is 0 Å². The van der Waals surface area contributed by atoms with Crippen molar-refractivity contribution in [1.29, 1.82) is 0 Å². The third-order valence-electron chi connectivity index (χ3n) is 3.59. The van der Waals surface area contributed by atoms with Crippen molar-refractivity contribution < 1.29 is 4.89 Å². The average molecular weight is 158 g/mol. The van der Waals surface area contributed by atoms with Gasteiger partial charge in [0.15, 0.2) is 0 Å². The van der Waals surface area contributed by atoms with E-state index in [9.17, 15) is 0 Å². The first-order valence-electron chi connectivity index (χ1n) is 4.23. The van der Waals surface area contributed by atoms with Crippen LogP contribution in [0.5, 0.6) is 0 Å². The molecule has 0 aromatic heterocycles. The lowest BCUT2D eigenvalue weighted by atomic mass is 10.0. The molecule has 0 aromatic rings. The van der Waals surface area contributed by atoms with Gasteiger partial charge >= 0.3 is 0 Å². The van der Waals surface area contributed by atoms with Gasteiger partial charge in [0.25, 0.3) is 0 Å². The summed E-state index contributed by atoms with van der Waals surface area (Å²) in [7, 11) is 0.211. The molecule has 2 rings (SSSR count). The molecule has 0 radical (unpaired) electrons. The summed E-state index contributed by atoms with van der Waals surface area (Å²) in [5.41, 5.74) is 1.32. The van der Waals surface area contributed by atoms with E-state index in [1.165, 1.54) is 25.7 Å². The molecule has 2 aliphatic carbocycles. The lowest BCUT2D eigenvalue weighted by molar-refractivity contribution is 0.462. The van der Waals surface area contributed by atoms with Gasteiger partial charge in [-0.05, 0) is 37.0 Å². The fourth-order valence-electron chi connectivity index (χ4n) is 2.74. The van der Waals surface area contributed by atoms with E-state index in [-0.39, 0.29) is 8.81 Å². The molecule has 0 aromatic carbocycles. The van der Waals surface area contributed by atoms with E-state index in [1.807, 2.05) is 0 Å². The maximum atomic E-state index is 9.09. The normalized spacial score (nSPS) is 52.2. The Morgan fingerprint density at radius 2 is 2.40 bits per heavy atom. The SMILES string of the molecule is CCC12CC1CCC2PO. The van der Waals surface area contributed by atoms with Crippen LogP contribution >= 0.6 is 8.81 Å². The Balaban J connectivity index is 2.09. The van der Waals surface area contributed by atoms with E-state index < -0.39 is 0 Å². The molecule has 0 spiro atoms. The summed E-state index contributed by atoms with van der Waals surface area (Å²) in [5.74, 6) is 1.00. The van der Waals surface area contributed by atoms with Crippen molar-refractivity contribution in [2.75, 3.05) is 0 Å². The number of fused-ring (bicyclic) bond motifs is 1. The highest BCUT2D eigenvalue weighted by molar-refractivity contribution is 7.32. The fraction of sp³-hybridized carbons (Fsp3) is 1.00. The predicted molar refractivity (Wildman–Crippen MR) is 44.4 cm³/mol. The van der Waals surface area contributed by atoms with Crippen LogP contribution in [0, 0.1) is 11.3 Å². The van der Waals surface area contributed by atoms with Gasteiger partial charge in [-0.15, -0.1) is 0 Å². The van der Waals surface area contributed by atoms with E-state index >= 15 is 0 Å². The van der Waals surface area contributed by atoms with Crippen LogP contribution in [0.3, 0.4) is 0 Å². The van der Waals surface area contributed by atoms with Crippen molar-refractivity contribution >= 4 is 8.81 Å². The number of hydrogen-bond acceptors (Lipinski definition) is 1. The Morgan fingerprint density at radius 1 is 1.60 bits per heavy atom. The third-order valence-corrected chi connectivity index (χ3v) is 4.77. The first-order valence-corrected chi connectivity index (χ1v) is 5.25. The molecule has 4 unspecified atom stereocenters. The van der Waals surface area contributed by atoms with E-state index in [4.69, 9.17) is 4.89 Å². The highest BCUT2D eigenvalue weighted by atomic mass is 31.1. The van der Waals surface area contributed by atoms with Gasteiger partial charge in [0.2, 0.25) is 0 Å². The Hall–Kier alpha value is 0.390. The van der Waals surface area contributed by atoms with E-state index in [0.29, 0.717) is 11.1 Å². The monoisotopic (exact) mass is 158 g/mol. The van der Waals surface area contributed by atoms with Crippen molar-refractivity contribution in [2.45, 2.75) is 38.3 Å². The second kappa shape index (κ2) is 2.19. The molecule has 0 amide bonds. The molecule has 10 heavy (non-hydrogen) atoms. The van der Waals surface area contributed by atoms with Crippen LogP contribution in [0.1, 0.15) is 32.6 Å². The fourth-order valence-corrected chi connectivity index (χ4v) is 3.85. The summed E-state index contributed by atoms with van der Waals surface area (Å²) in [6.45, 7) is 2.28. The minimum atomic E-state index is 0.211. The Kier molecular flexibility index (Phi) is 1.54. The third kappa shape index (κ3) is 0.711. The molecule has 2 fully saturated rings. The Morgan fingerprint density at radius 3 is 2.80 bits per heavy atom. The van der Waals surface area contributed by atoms with Gasteiger partial charge in [-0.1, -0.05) is 6.92 Å². The molecule has 2 heteroatoms. The molecule has 0 bridgehead atoms. The van der Waals surface area contributed by atoms with Crippen molar-refractivity contribution in [1.82, 2.24) is 0 Å². The van der Waals surface area contributed by atoms with Crippen LogP contribution in [0.25, 0.3) is 0 Å². The van der Waals surface area contributed by atoms with E-state index in [1.54, 1.807) is 0 Å². The average Bonchev–Trinajstić information content (AvgIpc) is 2.60. The second-order valence-electron chi connectivity index (χ2n) is 3.75. The lowest BCUT2D eigenvalue weighted by Gasteiger charge is -2.18. The summed E-state index contributed by atoms with van der Waals surface area (Å²) in [6, 6.07) is 0. The molecular formula is C8H15OP. The first kappa shape index (κ1) is 7.06. The standard InChI is InChI=1S/C8H15OP/c1-2-8-5-6(8)3-4-7(8)10-9/h6-7,9-10H,2-5H2,1H3. The van der Waals surface area contributed by atoms with Crippen molar-refractivity contribution in [2.24, 2.45) is 11.3 Å². The predicted octanol–water partition coefficient (Wildman–Crippen LogP) is 2.15. The maximum Gasteiger partial charge on any atom is 0.0144 e. The molecule has 1 nitrogen and oxygen atoms in total. The van der Waals surface area contributed by atoms with Gasteiger partial charge in [0.1, 0.15) is 0 Å². The quantitative estimate of drug-likeness (QED) is 0.610. The van der Waals surface area contributed by atoms with Gasteiger partial charge in [-0.3, -0.25) is 0 Å². The molecular weight excluding hydrogens is 143 g/mol. The Bertz CT molecular complexity index is 144. The van der Waals surface area contributed by atoms with Crippen LogP contribution in [0.4, 0.5) is 0 Å². The van der Waals surface area contributed by atoms with Crippen LogP contribution in [0.2, 0.25) is 0 Å². The highest BCUT2D eigenvalue weighted by Gasteiger charge is 2.60. The lowest BCUT2D eigenvalue weighted by Crippen LogP contribution is -2.12. The van der Waals surface area contributed by atoms with Gasteiger partial charge in [0.05, 0.1) is 0 Å². The summed E-state index contributed by atoms with van der Waals surface area (Å²) in [6.07, 6.45) is 5.41. The van der Waals surface area contributed by atoms with Crippen molar-refractivity contribution in [3.05, 3.63) is 0 Å². The first-order chi connectivity index (χ1) is 4.83. The molecule has 58 valence electrons. The molecule has 0 aliphatic heterocycles. The molecule has 2 saturated carbocycles. The van der Waals surface area contributed by atoms with Gasteiger partial charge in [0, 0.05) is 14.5 Å². The summed E-state index contributed by atoms with van der Waals surface area (Å²) in [5, 5.41) is 0. The summed E-state index contributed by atoms with van der Waals surface area (Å²) >= 11 is 0. The number of hydrogen-bond donors (Lipinski definition) is 1. The molecule has 0 heterocycles. The topological polar surface area (TPSA) is 20.2 Å². The van der Waals surface area contributed by atoms with Gasteiger partial charge in [-0.2, -0.15) is 0 Å². The highest BCUT2D eigenvalue weighted by Crippen LogP contribution is 2.69. The Labute approximate surface area is 64.1 Å². The summed E-state index contributed by atoms with van der Waals surface area (Å²) < 4.78 is 0. The molecule has 0 saturated heterocycles. The summed E-state index contributed by atoms with van der Waals surface area (Å²) in [4.78, 5) is 9.09. The molecule has 4 atom stereocenters. The van der Waals surface area contributed by atoms with Gasteiger partial charge in [-0.25, -0.2) is 0 Å². The van der Waals surface area contributed by atoms with E-state index in [2.05, 4.69) is 6.92 Å². The zero-order valence-electron chi connectivity index (χ0n) is 6.43. The molecule has 2 aliphatic rings. The second-order valence-corrected chi connectivity index (χ2v) is 4.70. The zero-order chi connectivity index (χ0) is 7.19. The van der Waals surface area contributed by atoms with Crippen LogP contribution in [-0.4, -0.2) is 10.6 Å².